The van der Waals surface area contributed by atoms with E-state index in [4.69, 9.17) is 16.3 Å². The molecular formula is C12H8FNO5. The zero-order valence-corrected chi connectivity index (χ0v) is 9.46. The number of fused-ring (bicyclic) bond motifs is 1. The second-order valence-corrected chi connectivity index (χ2v) is 3.76. The van der Waals surface area contributed by atoms with E-state index in [0.29, 0.717) is 0 Å². The van der Waals surface area contributed by atoms with Crippen molar-refractivity contribution < 1.29 is 28.9 Å². The molecule has 1 aliphatic rings. The molecule has 1 unspecified atom stereocenters. The highest BCUT2D eigenvalue weighted by Gasteiger charge is 2.54. The number of carboxylic acid groups (broad SMARTS) is 1. The number of benzene rings is 1. The van der Waals surface area contributed by atoms with E-state index in [1.165, 1.54) is 6.07 Å². The summed E-state index contributed by atoms with van der Waals surface area (Å²) in [6.45, 7) is -0.281. The molecule has 0 spiro atoms. The van der Waals surface area contributed by atoms with Crippen LogP contribution < -0.4 is 9.64 Å². The van der Waals surface area contributed by atoms with Crippen molar-refractivity contribution in [3.63, 3.8) is 0 Å². The fraction of sp³-hybridized carbons (Fsp3) is 0.167. The van der Waals surface area contributed by atoms with Crippen molar-refractivity contribution in [3.05, 3.63) is 24.0 Å². The number of aliphatic carboxylic acids is 1. The second-order valence-electron chi connectivity index (χ2n) is 3.76. The summed E-state index contributed by atoms with van der Waals surface area (Å²) in [5.74, 6) is -5.09. The number of carboxylic acids is 1. The van der Waals surface area contributed by atoms with Crippen molar-refractivity contribution in [1.82, 2.24) is 0 Å². The first-order chi connectivity index (χ1) is 8.90. The Hall–Kier alpha value is -2.59. The molecular weight excluding hydrogens is 257 g/mol. The number of aliphatic hydroxyl groups is 1. The van der Waals surface area contributed by atoms with Crippen molar-refractivity contribution >= 4 is 17.6 Å². The Morgan fingerprint density at radius 3 is 2.84 bits per heavy atom. The third-order valence-electron chi connectivity index (χ3n) is 2.54. The number of nitrogens with zero attached hydrogens (tertiary/aromatic N) is 1. The van der Waals surface area contributed by atoms with Gasteiger partial charge < -0.3 is 14.9 Å². The molecule has 0 fully saturated rings. The highest BCUT2D eigenvalue weighted by Crippen LogP contribution is 2.37. The number of halogens is 1. The van der Waals surface area contributed by atoms with Gasteiger partial charge in [0.25, 0.3) is 0 Å². The fourth-order valence-corrected chi connectivity index (χ4v) is 1.67. The third kappa shape index (κ3) is 1.88. The van der Waals surface area contributed by atoms with Crippen molar-refractivity contribution in [2.24, 2.45) is 0 Å². The molecule has 1 heterocycles. The first-order valence-electron chi connectivity index (χ1n) is 5.10. The summed E-state index contributed by atoms with van der Waals surface area (Å²) < 4.78 is 17.8. The van der Waals surface area contributed by atoms with Gasteiger partial charge in [0.1, 0.15) is 5.82 Å². The molecule has 6 nitrogen and oxygen atoms in total. The molecule has 7 heteroatoms. The summed E-state index contributed by atoms with van der Waals surface area (Å²) in [5.41, 5.74) is 0.0928. The van der Waals surface area contributed by atoms with Gasteiger partial charge in [0, 0.05) is 6.07 Å². The Morgan fingerprint density at radius 2 is 2.26 bits per heavy atom. The standard InChI is InChI=1S/C12H8FNO5/c1-2-5-14-8-4-3-7(13)6-9(8)19-12(18,10(14)15)11(16)17/h1,3-4,6,18H,5H2,(H,16,17). The summed E-state index contributed by atoms with van der Waals surface area (Å²) in [5, 5.41) is 18.6. The Morgan fingerprint density at radius 1 is 1.58 bits per heavy atom. The maximum absolute atomic E-state index is 13.1. The van der Waals surface area contributed by atoms with E-state index < -0.39 is 23.5 Å². The lowest BCUT2D eigenvalue weighted by atomic mass is 10.1. The molecule has 0 bridgehead atoms. The van der Waals surface area contributed by atoms with Crippen LogP contribution in [-0.4, -0.2) is 34.4 Å². The lowest BCUT2D eigenvalue weighted by molar-refractivity contribution is -0.197. The highest BCUT2D eigenvalue weighted by molar-refractivity contribution is 6.13. The lowest BCUT2D eigenvalue weighted by Crippen LogP contribution is -2.61. The largest absolute Gasteiger partial charge is 0.476 e. The minimum Gasteiger partial charge on any atom is -0.476 e. The quantitative estimate of drug-likeness (QED) is 0.578. The summed E-state index contributed by atoms with van der Waals surface area (Å²) >= 11 is 0. The number of ether oxygens (including phenoxy) is 1. The first kappa shape index (κ1) is 12.9. The van der Waals surface area contributed by atoms with Gasteiger partial charge in [-0.15, -0.1) is 6.42 Å². The van der Waals surface area contributed by atoms with Crippen LogP contribution in [0.25, 0.3) is 0 Å². The van der Waals surface area contributed by atoms with Crippen molar-refractivity contribution in [2.75, 3.05) is 11.4 Å². The fourth-order valence-electron chi connectivity index (χ4n) is 1.67. The van der Waals surface area contributed by atoms with Gasteiger partial charge in [-0.25, -0.2) is 9.18 Å². The zero-order chi connectivity index (χ0) is 14.2. The molecule has 1 atom stereocenters. The topological polar surface area (TPSA) is 87.1 Å². The molecule has 2 N–H and O–H groups in total. The molecule has 1 aromatic rings. The normalized spacial score (nSPS) is 21.3. The third-order valence-corrected chi connectivity index (χ3v) is 2.54. The van der Waals surface area contributed by atoms with E-state index in [0.717, 1.165) is 17.0 Å². The van der Waals surface area contributed by atoms with E-state index in [9.17, 15) is 19.1 Å². The maximum Gasteiger partial charge on any atom is 0.390 e. The molecule has 0 saturated heterocycles. The molecule has 0 aromatic heterocycles. The Bertz CT molecular complexity index is 609. The van der Waals surface area contributed by atoms with E-state index >= 15 is 0 Å². The number of carbonyl (C=O) groups excluding carboxylic acids is 1. The Balaban J connectivity index is 2.60. The smallest absolute Gasteiger partial charge is 0.390 e. The molecule has 1 aromatic carbocycles. The Kier molecular flexibility index (Phi) is 2.88. The molecule has 98 valence electrons. The molecule has 0 saturated carbocycles. The van der Waals surface area contributed by atoms with Crippen molar-refractivity contribution in [2.45, 2.75) is 5.79 Å². The van der Waals surface area contributed by atoms with Gasteiger partial charge in [-0.05, 0) is 12.1 Å². The van der Waals surface area contributed by atoms with Crippen LogP contribution in [0.2, 0.25) is 0 Å². The number of hydrogen-bond acceptors (Lipinski definition) is 4. The molecule has 1 aliphatic heterocycles. The summed E-state index contributed by atoms with van der Waals surface area (Å²) in [7, 11) is 0. The molecule has 0 radical (unpaired) electrons. The van der Waals surface area contributed by atoms with E-state index in [1.54, 1.807) is 0 Å². The molecule has 0 aliphatic carbocycles. The Labute approximate surface area is 107 Å². The number of carbonyl (C=O) groups is 2. The second kappa shape index (κ2) is 4.26. The first-order valence-corrected chi connectivity index (χ1v) is 5.10. The highest BCUT2D eigenvalue weighted by atomic mass is 19.1. The van der Waals surface area contributed by atoms with Gasteiger partial charge in [-0.1, -0.05) is 5.92 Å². The van der Waals surface area contributed by atoms with Crippen LogP contribution in [-0.2, 0) is 9.59 Å². The van der Waals surface area contributed by atoms with Crippen molar-refractivity contribution in [3.8, 4) is 18.1 Å². The van der Waals surface area contributed by atoms with Crippen LogP contribution in [0.4, 0.5) is 10.1 Å². The predicted octanol–water partition coefficient (Wildman–Crippen LogP) is -0.0425. The van der Waals surface area contributed by atoms with Crippen LogP contribution in [0.1, 0.15) is 0 Å². The minimum absolute atomic E-state index is 0.0928. The molecule has 1 amide bonds. The summed E-state index contributed by atoms with van der Waals surface area (Å²) in [6, 6.07) is 3.13. The number of terminal acetylenes is 1. The predicted molar refractivity (Wildman–Crippen MR) is 60.8 cm³/mol. The maximum atomic E-state index is 13.1. The van der Waals surface area contributed by atoms with Gasteiger partial charge in [0.15, 0.2) is 5.75 Å². The van der Waals surface area contributed by atoms with Crippen molar-refractivity contribution in [1.29, 1.82) is 0 Å². The van der Waals surface area contributed by atoms with Crippen LogP contribution in [0.15, 0.2) is 18.2 Å². The van der Waals surface area contributed by atoms with Crippen LogP contribution in [0, 0.1) is 18.2 Å². The van der Waals surface area contributed by atoms with Gasteiger partial charge in [0.2, 0.25) is 0 Å². The average molecular weight is 265 g/mol. The lowest BCUT2D eigenvalue weighted by Gasteiger charge is -2.35. The van der Waals surface area contributed by atoms with Gasteiger partial charge in [0.05, 0.1) is 12.2 Å². The monoisotopic (exact) mass is 265 g/mol. The van der Waals surface area contributed by atoms with Gasteiger partial charge in [-0.3, -0.25) is 9.69 Å². The SMILES string of the molecule is C#CCN1C(=O)C(O)(C(=O)O)Oc2cc(F)ccc21. The number of anilines is 1. The zero-order valence-electron chi connectivity index (χ0n) is 9.46. The van der Waals surface area contributed by atoms with E-state index in [-0.39, 0.29) is 18.0 Å². The molecule has 2 rings (SSSR count). The molecule has 19 heavy (non-hydrogen) atoms. The van der Waals surface area contributed by atoms with Gasteiger partial charge in [-0.2, -0.15) is 0 Å². The summed E-state index contributed by atoms with van der Waals surface area (Å²) in [4.78, 5) is 23.7. The van der Waals surface area contributed by atoms with E-state index in [2.05, 4.69) is 5.92 Å². The number of hydrogen-bond donors (Lipinski definition) is 2. The average Bonchev–Trinajstić information content (AvgIpc) is 2.34. The van der Waals surface area contributed by atoms with Gasteiger partial charge >= 0.3 is 17.7 Å². The number of amides is 1. The number of rotatable bonds is 2. The summed E-state index contributed by atoms with van der Waals surface area (Å²) in [6.07, 6.45) is 5.09. The van der Waals surface area contributed by atoms with Crippen LogP contribution in [0.5, 0.6) is 5.75 Å². The van der Waals surface area contributed by atoms with E-state index in [1.807, 2.05) is 0 Å². The van der Waals surface area contributed by atoms with Crippen LogP contribution in [0.3, 0.4) is 0 Å². The minimum atomic E-state index is -3.11. The van der Waals surface area contributed by atoms with Crippen LogP contribution >= 0.6 is 0 Å².